The van der Waals surface area contributed by atoms with Gasteiger partial charge in [0.25, 0.3) is 0 Å². The molecule has 0 spiro atoms. The van der Waals surface area contributed by atoms with Crippen LogP contribution in [0.2, 0.25) is 0 Å². The molecule has 4 aliphatic rings. The first-order chi connectivity index (χ1) is 34.2. The molecule has 2 aliphatic heterocycles. The van der Waals surface area contributed by atoms with Crippen LogP contribution in [0.1, 0.15) is 170 Å². The van der Waals surface area contributed by atoms with Crippen LogP contribution in [0.5, 0.6) is 0 Å². The second-order valence-corrected chi connectivity index (χ2v) is 28.3. The fraction of sp³-hybridized carbons (Fsp3) is 0.783. The van der Waals surface area contributed by atoms with Crippen molar-refractivity contribution in [3.63, 3.8) is 0 Å². The van der Waals surface area contributed by atoms with Gasteiger partial charge in [0.05, 0.1) is 48.5 Å². The summed E-state index contributed by atoms with van der Waals surface area (Å²) >= 11 is 0. The van der Waals surface area contributed by atoms with Crippen molar-refractivity contribution < 1.29 is 39.4 Å². The van der Waals surface area contributed by atoms with Crippen molar-refractivity contribution in [1.29, 1.82) is 0 Å². The number of esters is 1. The number of cyclic esters (lactones) is 1. The minimum absolute atomic E-state index is 0.159. The summed E-state index contributed by atoms with van der Waals surface area (Å²) in [6, 6.07) is 18.0. The molecule has 4 N–H and O–H groups in total. The summed E-state index contributed by atoms with van der Waals surface area (Å²) in [4.78, 5) is 20.4. The molecule has 11 nitrogen and oxygen atoms in total. The van der Waals surface area contributed by atoms with Crippen LogP contribution in [-0.4, -0.2) is 155 Å². The van der Waals surface area contributed by atoms with Crippen molar-refractivity contribution in [2.75, 3.05) is 52.3 Å². The van der Waals surface area contributed by atoms with Gasteiger partial charge >= 0.3 is 5.97 Å². The molecule has 408 valence electrons. The van der Waals surface area contributed by atoms with E-state index in [1.807, 2.05) is 46.7 Å². The number of aliphatic hydroxyl groups is 4. The molecule has 2 saturated heterocycles. The molecule has 6 rings (SSSR count). The molecule has 2 saturated carbocycles. The van der Waals surface area contributed by atoms with Gasteiger partial charge in [-0.15, -0.1) is 0 Å². The molecule has 12 atom stereocenters. The number of benzene rings is 2. The minimum Gasteiger partial charge on any atom is -0.459 e. The van der Waals surface area contributed by atoms with E-state index in [9.17, 15) is 25.2 Å². The summed E-state index contributed by atoms with van der Waals surface area (Å²) in [5.74, 6) is -1.37. The van der Waals surface area contributed by atoms with Gasteiger partial charge in [-0.25, -0.2) is 0 Å². The van der Waals surface area contributed by atoms with Crippen molar-refractivity contribution >= 4 is 24.2 Å². The van der Waals surface area contributed by atoms with Crippen molar-refractivity contribution in [3.05, 3.63) is 48.5 Å². The Morgan fingerprint density at radius 3 is 1.99 bits per heavy atom. The van der Waals surface area contributed by atoms with Crippen LogP contribution in [0, 0.1) is 11.8 Å². The number of carbonyl (C=O) groups is 1. The lowest BCUT2D eigenvalue weighted by Gasteiger charge is -2.45. The third-order valence-electron chi connectivity index (χ3n) is 18.1. The molecule has 0 unspecified atom stereocenters. The fourth-order valence-corrected chi connectivity index (χ4v) is 20.7. The normalized spacial score (nSPS) is 33.8. The molecule has 2 aromatic rings. The summed E-state index contributed by atoms with van der Waals surface area (Å²) in [5, 5.41) is 49.9. The predicted molar refractivity (Wildman–Crippen MR) is 298 cm³/mol. The molecule has 2 aliphatic carbocycles. The van der Waals surface area contributed by atoms with E-state index < -0.39 is 67.1 Å². The SMILES string of the molecule is CC[C@H]1OC(=O)[C@H](C)C[C@H](C)[C@@H](O[C@@H]2O[C@H](C)C[C@H](N(C)C)[C@H]2O)[C@](C)(O)CCCN(CCCCCC[P+](c2ccccc2-c2ccccc2N(C)C)(C2CCCCC2)C2CCCCC2)[C@H](C)[C@@H](O)[C@]1(C)O. The molecule has 2 heterocycles. The van der Waals surface area contributed by atoms with E-state index in [1.54, 1.807) is 26.1 Å². The summed E-state index contributed by atoms with van der Waals surface area (Å²) in [6.45, 7) is 14.3. The predicted octanol–water partition coefficient (Wildman–Crippen LogP) is 10.4. The van der Waals surface area contributed by atoms with Crippen LogP contribution in [-0.2, 0) is 19.0 Å². The van der Waals surface area contributed by atoms with Crippen molar-refractivity contribution in [2.24, 2.45) is 11.8 Å². The second-order valence-electron chi connectivity index (χ2n) is 24.1. The number of nitrogens with zero attached hydrogens (tertiary/aromatic N) is 3. The lowest BCUT2D eigenvalue weighted by atomic mass is 9.81. The van der Waals surface area contributed by atoms with E-state index in [1.165, 1.54) is 93.6 Å². The zero-order valence-corrected chi connectivity index (χ0v) is 47.7. The van der Waals surface area contributed by atoms with E-state index in [4.69, 9.17) is 14.2 Å². The van der Waals surface area contributed by atoms with Gasteiger partial charge in [-0.05, 0) is 176 Å². The Hall–Kier alpha value is -2.18. The highest BCUT2D eigenvalue weighted by Gasteiger charge is 2.55. The first kappa shape index (κ1) is 59.1. The van der Waals surface area contributed by atoms with E-state index in [-0.39, 0.29) is 18.1 Å². The first-order valence-electron chi connectivity index (χ1n) is 28.7. The van der Waals surface area contributed by atoms with Crippen LogP contribution in [0.3, 0.4) is 0 Å². The van der Waals surface area contributed by atoms with Gasteiger partial charge in [0.2, 0.25) is 0 Å². The average molecular weight is 1020 g/mol. The Morgan fingerprint density at radius 1 is 0.778 bits per heavy atom. The van der Waals surface area contributed by atoms with Crippen LogP contribution in [0.15, 0.2) is 48.5 Å². The number of ether oxygens (including phenoxy) is 3. The molecule has 4 fully saturated rings. The molecule has 0 bridgehead atoms. The number of anilines is 1. The minimum atomic E-state index is -1.70. The zero-order valence-electron chi connectivity index (χ0n) is 46.8. The Morgan fingerprint density at radius 2 is 1.38 bits per heavy atom. The second kappa shape index (κ2) is 26.7. The number of likely N-dealkylation sites (N-methyl/N-ethyl adjacent to an activating group) is 1. The van der Waals surface area contributed by atoms with Gasteiger partial charge in [-0.1, -0.05) is 76.4 Å². The number of hydrogen-bond acceptors (Lipinski definition) is 11. The van der Waals surface area contributed by atoms with Crippen molar-refractivity contribution in [3.8, 4) is 11.1 Å². The van der Waals surface area contributed by atoms with Gasteiger partial charge < -0.3 is 44.4 Å². The third-order valence-corrected chi connectivity index (χ3v) is 24.0. The van der Waals surface area contributed by atoms with E-state index in [0.29, 0.717) is 38.6 Å². The topological polar surface area (TPSA) is 135 Å². The third kappa shape index (κ3) is 14.0. The Labute approximate surface area is 437 Å². The van der Waals surface area contributed by atoms with Crippen molar-refractivity contribution in [1.82, 2.24) is 9.80 Å². The highest BCUT2D eigenvalue weighted by molar-refractivity contribution is 7.84. The van der Waals surface area contributed by atoms with Crippen LogP contribution in [0.25, 0.3) is 11.1 Å². The van der Waals surface area contributed by atoms with Crippen LogP contribution < -0.4 is 10.2 Å². The number of para-hydroxylation sites is 1. The Bertz CT molecular complexity index is 1930. The number of aliphatic hydroxyl groups excluding tert-OH is 2. The number of hydrogen-bond donors (Lipinski definition) is 4. The molecular weight excluding hydrogens is 922 g/mol. The van der Waals surface area contributed by atoms with Crippen LogP contribution >= 0.6 is 7.26 Å². The molecule has 2 aromatic carbocycles. The molecule has 0 amide bonds. The summed E-state index contributed by atoms with van der Waals surface area (Å²) < 4.78 is 19.0. The van der Waals surface area contributed by atoms with Gasteiger partial charge in [-0.3, -0.25) is 9.69 Å². The monoisotopic (exact) mass is 1020 g/mol. The fourth-order valence-electron chi connectivity index (χ4n) is 14.0. The lowest BCUT2D eigenvalue weighted by Crippen LogP contribution is -2.59. The maximum absolute atomic E-state index is 13.8. The molecule has 0 radical (unpaired) electrons. The number of carbonyl (C=O) groups excluding carboxylic acids is 1. The highest BCUT2D eigenvalue weighted by Crippen LogP contribution is 2.72. The number of unbranched alkanes of at least 4 members (excludes halogenated alkanes) is 3. The standard InChI is InChI=1S/C60H101N3O8P/c1-12-53-60(7,68)55(65)45(5)63(38-27-36-59(6,67)56(42(2)40-43(3)57(66)70-53)71-58-54(64)51(62(10)11)41-44(4)69-58)37-25-13-14-26-39-72(46-28-17-15-18-29-46,47-30-19-16-20-31-47)52-35-24-22-33-49(52)48-32-21-23-34-50(48)61(8)9/h21-24,32-35,42-47,51,53-56,58,64-65,67-68H,12-20,25-31,36-41H2,1-11H3/q+1/t42-,43+,44+,45+,51-,53+,54+,55+,56+,58-,59+,60+/m0/s1. The van der Waals surface area contributed by atoms with E-state index >= 15 is 0 Å². The van der Waals surface area contributed by atoms with Gasteiger partial charge in [0.1, 0.15) is 29.2 Å². The number of rotatable bonds is 16. The molecular formula is C60H101N3O8P+. The van der Waals surface area contributed by atoms with E-state index in [2.05, 4.69) is 72.4 Å². The first-order valence-corrected chi connectivity index (χ1v) is 30.8. The summed E-state index contributed by atoms with van der Waals surface area (Å²) in [5.41, 5.74) is 2.61. The largest absolute Gasteiger partial charge is 0.459 e. The molecule has 72 heavy (non-hydrogen) atoms. The van der Waals surface area contributed by atoms with Crippen molar-refractivity contribution in [2.45, 2.75) is 242 Å². The van der Waals surface area contributed by atoms with Gasteiger partial charge in [0, 0.05) is 43.0 Å². The van der Waals surface area contributed by atoms with Gasteiger partial charge in [-0.2, -0.15) is 0 Å². The van der Waals surface area contributed by atoms with Gasteiger partial charge in [0.15, 0.2) is 6.29 Å². The highest BCUT2D eigenvalue weighted by atomic mass is 31.2. The van der Waals surface area contributed by atoms with Crippen LogP contribution in [0.4, 0.5) is 5.69 Å². The summed E-state index contributed by atoms with van der Waals surface area (Å²) in [6.07, 6.45) is 16.6. The summed E-state index contributed by atoms with van der Waals surface area (Å²) in [7, 11) is 6.59. The van der Waals surface area contributed by atoms with E-state index in [0.717, 1.165) is 37.1 Å². The Kier molecular flexibility index (Phi) is 21.9. The maximum Gasteiger partial charge on any atom is 0.309 e. The molecule has 12 heteroatoms. The Balaban J connectivity index is 1.23. The zero-order chi connectivity index (χ0) is 52.4. The lowest BCUT2D eigenvalue weighted by molar-refractivity contribution is -0.294. The quantitative estimate of drug-likeness (QED) is 0.0727. The molecule has 0 aromatic heterocycles. The maximum atomic E-state index is 13.8. The average Bonchev–Trinajstić information content (AvgIpc) is 3.36. The smallest absolute Gasteiger partial charge is 0.309 e.